The molecule has 1 heterocycles. The molecular formula is C27H26ClF4N5O3. The average Bonchev–Trinajstić information content (AvgIpc) is 3.70. The van der Waals surface area contributed by atoms with Crippen molar-refractivity contribution >= 4 is 46.4 Å². The zero-order valence-corrected chi connectivity index (χ0v) is 21.9. The van der Waals surface area contributed by atoms with Crippen molar-refractivity contribution in [3.63, 3.8) is 0 Å². The Hall–Kier alpha value is -3.85. The van der Waals surface area contributed by atoms with Gasteiger partial charge in [0, 0.05) is 23.9 Å². The molecule has 0 saturated heterocycles. The summed E-state index contributed by atoms with van der Waals surface area (Å²) >= 11 is 6.34. The van der Waals surface area contributed by atoms with Gasteiger partial charge in [0.2, 0.25) is 17.7 Å². The SMILES string of the molecule is N#Cc1cc(F)cc(N2C[C@H](NC(=O)[C@@H](CC3CC3)[C@@H](CCC(F)(F)F)C(N)=O)C(=O)Nc3c(Cl)cccc32)c1. The van der Waals surface area contributed by atoms with Crippen LogP contribution < -0.4 is 21.3 Å². The fourth-order valence-electron chi connectivity index (χ4n) is 4.89. The van der Waals surface area contributed by atoms with E-state index in [-0.39, 0.29) is 40.8 Å². The number of fused-ring (bicyclic) bond motifs is 1. The number of carbonyl (C=O) groups is 3. The highest BCUT2D eigenvalue weighted by Crippen LogP contribution is 2.41. The molecule has 1 aliphatic carbocycles. The lowest BCUT2D eigenvalue weighted by atomic mass is 9.83. The van der Waals surface area contributed by atoms with Crippen LogP contribution in [-0.4, -0.2) is 36.5 Å². The maximum Gasteiger partial charge on any atom is 0.389 e. The number of alkyl halides is 3. The van der Waals surface area contributed by atoms with Crippen molar-refractivity contribution < 1.29 is 31.9 Å². The van der Waals surface area contributed by atoms with Crippen molar-refractivity contribution in [2.75, 3.05) is 16.8 Å². The maximum atomic E-state index is 14.4. The van der Waals surface area contributed by atoms with E-state index < -0.39 is 60.4 Å². The molecule has 212 valence electrons. The Kier molecular flexibility index (Phi) is 8.54. The first-order valence-corrected chi connectivity index (χ1v) is 13.0. The number of nitrogens with two attached hydrogens (primary N) is 1. The molecule has 2 aliphatic rings. The van der Waals surface area contributed by atoms with Gasteiger partial charge >= 0.3 is 6.18 Å². The van der Waals surface area contributed by atoms with Crippen molar-refractivity contribution in [2.45, 2.75) is 44.3 Å². The molecule has 4 rings (SSSR count). The van der Waals surface area contributed by atoms with Crippen molar-refractivity contribution in [2.24, 2.45) is 23.5 Å². The fraction of sp³-hybridized carbons (Fsp3) is 0.407. The average molecular weight is 580 g/mol. The summed E-state index contributed by atoms with van der Waals surface area (Å²) in [6.07, 6.45) is -4.82. The van der Waals surface area contributed by atoms with E-state index >= 15 is 0 Å². The highest BCUT2D eigenvalue weighted by Gasteiger charge is 2.41. The smallest absolute Gasteiger partial charge is 0.369 e. The van der Waals surface area contributed by atoms with Gasteiger partial charge in [-0.1, -0.05) is 30.5 Å². The lowest BCUT2D eigenvalue weighted by Gasteiger charge is -2.29. The molecule has 3 amide bonds. The van der Waals surface area contributed by atoms with Crippen LogP contribution in [0, 0.1) is 34.9 Å². The second-order valence-corrected chi connectivity index (χ2v) is 10.5. The number of benzene rings is 2. The Bertz CT molecular complexity index is 1360. The number of rotatable bonds is 9. The molecule has 1 saturated carbocycles. The standard InChI is InChI=1S/C27H26ClF4N5O3/c28-20-2-1-3-22-23(20)36-26(40)21(13-37(22)17-9-15(12-33)8-16(29)11-17)35-25(39)19(10-14-4-5-14)18(24(34)38)6-7-27(30,31)32/h1-3,8-9,11,14,18-19,21H,4-7,10,13H2,(H2,34,38)(H,35,39)(H,36,40)/t18-,19+,21+/m1/s1. The van der Waals surface area contributed by atoms with Crippen LogP contribution in [0.4, 0.5) is 34.6 Å². The summed E-state index contributed by atoms with van der Waals surface area (Å²) in [6.45, 7) is -0.237. The largest absolute Gasteiger partial charge is 0.389 e. The summed E-state index contributed by atoms with van der Waals surface area (Å²) in [6, 6.07) is 8.90. The summed E-state index contributed by atoms with van der Waals surface area (Å²) in [5.74, 6) is -5.71. The molecular weight excluding hydrogens is 554 g/mol. The highest BCUT2D eigenvalue weighted by atomic mass is 35.5. The van der Waals surface area contributed by atoms with Crippen LogP contribution in [-0.2, 0) is 14.4 Å². The van der Waals surface area contributed by atoms with Crippen LogP contribution in [0.1, 0.15) is 37.7 Å². The van der Waals surface area contributed by atoms with E-state index in [0.717, 1.165) is 25.0 Å². The van der Waals surface area contributed by atoms with Gasteiger partial charge in [-0.15, -0.1) is 0 Å². The molecule has 0 aromatic heterocycles. The van der Waals surface area contributed by atoms with Gasteiger partial charge in [-0.05, 0) is 49.1 Å². The van der Waals surface area contributed by atoms with Crippen LogP contribution in [0.3, 0.4) is 0 Å². The Morgan fingerprint density at radius 3 is 2.58 bits per heavy atom. The molecule has 13 heteroatoms. The quantitative estimate of drug-likeness (QED) is 0.368. The zero-order valence-electron chi connectivity index (χ0n) is 21.1. The topological polar surface area (TPSA) is 128 Å². The number of nitriles is 1. The minimum absolute atomic E-state index is 0.0150. The van der Waals surface area contributed by atoms with E-state index in [1.54, 1.807) is 12.1 Å². The van der Waals surface area contributed by atoms with Crippen LogP contribution in [0.25, 0.3) is 0 Å². The molecule has 0 unspecified atom stereocenters. The van der Waals surface area contributed by atoms with E-state index in [4.69, 9.17) is 17.3 Å². The van der Waals surface area contributed by atoms with Crippen molar-refractivity contribution in [1.82, 2.24) is 5.32 Å². The van der Waals surface area contributed by atoms with Gasteiger partial charge in [0.05, 0.1) is 34.6 Å². The summed E-state index contributed by atoms with van der Waals surface area (Å²) in [5, 5.41) is 14.7. The monoisotopic (exact) mass is 579 g/mol. The second kappa shape index (κ2) is 11.7. The summed E-state index contributed by atoms with van der Waals surface area (Å²) in [7, 11) is 0. The summed E-state index contributed by atoms with van der Waals surface area (Å²) < 4.78 is 53.3. The van der Waals surface area contributed by atoms with Crippen molar-refractivity contribution in [3.05, 3.63) is 52.8 Å². The third-order valence-corrected chi connectivity index (χ3v) is 7.38. The number of nitrogens with one attached hydrogen (secondary N) is 2. The fourth-order valence-corrected chi connectivity index (χ4v) is 5.11. The van der Waals surface area contributed by atoms with Crippen LogP contribution in [0.15, 0.2) is 36.4 Å². The number of nitrogens with zero attached hydrogens (tertiary/aromatic N) is 2. The van der Waals surface area contributed by atoms with Gasteiger partial charge in [-0.3, -0.25) is 14.4 Å². The summed E-state index contributed by atoms with van der Waals surface area (Å²) in [4.78, 5) is 40.5. The first-order chi connectivity index (χ1) is 18.9. The molecule has 2 aromatic carbocycles. The number of amides is 3. The molecule has 1 fully saturated rings. The van der Waals surface area contributed by atoms with E-state index in [0.29, 0.717) is 5.69 Å². The molecule has 4 N–H and O–H groups in total. The van der Waals surface area contributed by atoms with Crippen LogP contribution >= 0.6 is 11.6 Å². The molecule has 0 bridgehead atoms. The van der Waals surface area contributed by atoms with Gasteiger partial charge in [-0.2, -0.15) is 18.4 Å². The molecule has 3 atom stereocenters. The highest BCUT2D eigenvalue weighted by molar-refractivity contribution is 6.34. The van der Waals surface area contributed by atoms with Crippen molar-refractivity contribution in [1.29, 1.82) is 5.26 Å². The number of hydrogen-bond donors (Lipinski definition) is 3. The summed E-state index contributed by atoms with van der Waals surface area (Å²) in [5.41, 5.74) is 6.21. The van der Waals surface area contributed by atoms with Crippen LogP contribution in [0.2, 0.25) is 5.02 Å². The number of primary amides is 1. The van der Waals surface area contributed by atoms with E-state index in [1.165, 1.54) is 17.0 Å². The Morgan fingerprint density at radius 1 is 1.23 bits per heavy atom. The molecule has 2 aromatic rings. The van der Waals surface area contributed by atoms with E-state index in [2.05, 4.69) is 10.6 Å². The molecule has 40 heavy (non-hydrogen) atoms. The number of hydrogen-bond acceptors (Lipinski definition) is 5. The lowest BCUT2D eigenvalue weighted by Crippen LogP contribution is -2.52. The van der Waals surface area contributed by atoms with Gasteiger partial charge in [-0.25, -0.2) is 4.39 Å². The van der Waals surface area contributed by atoms with Crippen LogP contribution in [0.5, 0.6) is 0 Å². The lowest BCUT2D eigenvalue weighted by molar-refractivity contribution is -0.146. The number of carbonyl (C=O) groups excluding carboxylic acids is 3. The van der Waals surface area contributed by atoms with Crippen molar-refractivity contribution in [3.8, 4) is 6.07 Å². The van der Waals surface area contributed by atoms with E-state index in [9.17, 15) is 37.2 Å². The van der Waals surface area contributed by atoms with E-state index in [1.807, 2.05) is 6.07 Å². The normalized spacial score (nSPS) is 18.6. The predicted octanol–water partition coefficient (Wildman–Crippen LogP) is 4.79. The van der Waals surface area contributed by atoms with Gasteiger partial charge in [0.15, 0.2) is 0 Å². The number of halogens is 5. The molecule has 0 radical (unpaired) electrons. The number of anilines is 3. The maximum absolute atomic E-state index is 14.4. The minimum Gasteiger partial charge on any atom is -0.369 e. The minimum atomic E-state index is -4.55. The molecule has 0 spiro atoms. The molecule has 1 aliphatic heterocycles. The first-order valence-electron chi connectivity index (χ1n) is 12.6. The Morgan fingerprint density at radius 2 is 1.95 bits per heavy atom. The third-order valence-electron chi connectivity index (χ3n) is 7.06. The van der Waals surface area contributed by atoms with Gasteiger partial charge in [0.1, 0.15) is 11.9 Å². The van der Waals surface area contributed by atoms with Gasteiger partial charge < -0.3 is 21.3 Å². The second-order valence-electron chi connectivity index (χ2n) is 10.1. The Balaban J connectivity index is 1.66. The first kappa shape index (κ1) is 29.1. The third kappa shape index (κ3) is 7.01. The zero-order chi connectivity index (χ0) is 29.2. The predicted molar refractivity (Wildman–Crippen MR) is 139 cm³/mol. The van der Waals surface area contributed by atoms with Gasteiger partial charge in [0.25, 0.3) is 0 Å². The molecule has 8 nitrogen and oxygen atoms in total. The number of para-hydroxylation sites is 1. The Labute approximate surface area is 232 Å².